The summed E-state index contributed by atoms with van der Waals surface area (Å²) >= 11 is 6.03. The van der Waals surface area contributed by atoms with Gasteiger partial charge in [-0.25, -0.2) is 12.7 Å². The Morgan fingerprint density at radius 3 is 2.37 bits per heavy atom. The zero-order valence-electron chi connectivity index (χ0n) is 16.5. The van der Waals surface area contributed by atoms with Crippen molar-refractivity contribution in [1.29, 1.82) is 0 Å². The number of benzene rings is 3. The van der Waals surface area contributed by atoms with E-state index in [-0.39, 0.29) is 22.0 Å². The number of hydrogen-bond acceptors (Lipinski definition) is 4. The predicted octanol–water partition coefficient (Wildman–Crippen LogP) is 4.31. The van der Waals surface area contributed by atoms with E-state index in [0.29, 0.717) is 5.75 Å². The van der Waals surface area contributed by atoms with E-state index in [1.807, 2.05) is 54.6 Å². The SMILES string of the molecule is CN(C)S(=O)(=O)c1cc(C(=O)NCc2cccc(Oc3ccccc3)c2)ccc1Cl. The van der Waals surface area contributed by atoms with Gasteiger partial charge in [-0.3, -0.25) is 4.79 Å². The molecular formula is C22H21ClN2O4S. The molecule has 0 fully saturated rings. The number of carbonyl (C=O) groups is 1. The van der Waals surface area contributed by atoms with Crippen molar-refractivity contribution in [2.45, 2.75) is 11.4 Å². The maximum atomic E-state index is 12.6. The van der Waals surface area contributed by atoms with Crippen LogP contribution in [0.5, 0.6) is 11.5 Å². The summed E-state index contributed by atoms with van der Waals surface area (Å²) in [6.45, 7) is 0.253. The van der Waals surface area contributed by atoms with Crippen molar-refractivity contribution >= 4 is 27.5 Å². The highest BCUT2D eigenvalue weighted by Gasteiger charge is 2.22. The summed E-state index contributed by atoms with van der Waals surface area (Å²) in [6.07, 6.45) is 0. The minimum atomic E-state index is -3.76. The summed E-state index contributed by atoms with van der Waals surface area (Å²) in [4.78, 5) is 12.4. The van der Waals surface area contributed by atoms with Crippen molar-refractivity contribution in [1.82, 2.24) is 9.62 Å². The van der Waals surface area contributed by atoms with Crippen molar-refractivity contribution in [3.63, 3.8) is 0 Å². The Morgan fingerprint density at radius 2 is 1.67 bits per heavy atom. The van der Waals surface area contributed by atoms with Gasteiger partial charge >= 0.3 is 0 Å². The molecule has 0 aliphatic rings. The first kappa shape index (κ1) is 21.8. The summed E-state index contributed by atoms with van der Waals surface area (Å²) in [5.41, 5.74) is 1.04. The van der Waals surface area contributed by atoms with Gasteiger partial charge in [0.05, 0.1) is 5.02 Å². The van der Waals surface area contributed by atoms with Crippen LogP contribution in [0.3, 0.4) is 0 Å². The zero-order valence-corrected chi connectivity index (χ0v) is 18.1. The Balaban J connectivity index is 1.71. The highest BCUT2D eigenvalue weighted by Crippen LogP contribution is 2.25. The molecule has 1 amide bonds. The monoisotopic (exact) mass is 444 g/mol. The zero-order chi connectivity index (χ0) is 21.7. The molecule has 0 bridgehead atoms. The van der Waals surface area contributed by atoms with Crippen LogP contribution in [0.25, 0.3) is 0 Å². The van der Waals surface area contributed by atoms with Gasteiger partial charge in [-0.05, 0) is 48.0 Å². The quantitative estimate of drug-likeness (QED) is 0.589. The fraction of sp³-hybridized carbons (Fsp3) is 0.136. The van der Waals surface area contributed by atoms with Crippen LogP contribution in [0.1, 0.15) is 15.9 Å². The van der Waals surface area contributed by atoms with Crippen molar-refractivity contribution in [3.8, 4) is 11.5 Å². The number of para-hydroxylation sites is 1. The number of amides is 1. The molecule has 0 saturated heterocycles. The Kier molecular flexibility index (Phi) is 6.77. The van der Waals surface area contributed by atoms with E-state index in [9.17, 15) is 13.2 Å². The summed E-state index contributed by atoms with van der Waals surface area (Å²) in [5.74, 6) is 0.963. The van der Waals surface area contributed by atoms with Gasteiger partial charge in [0.15, 0.2) is 0 Å². The third kappa shape index (κ3) is 5.18. The largest absolute Gasteiger partial charge is 0.457 e. The van der Waals surface area contributed by atoms with Crippen LogP contribution in [-0.2, 0) is 16.6 Å². The normalized spacial score (nSPS) is 11.3. The van der Waals surface area contributed by atoms with Crippen LogP contribution in [0.15, 0.2) is 77.7 Å². The van der Waals surface area contributed by atoms with Gasteiger partial charge in [-0.1, -0.05) is 41.9 Å². The van der Waals surface area contributed by atoms with E-state index in [1.54, 1.807) is 0 Å². The molecule has 0 saturated carbocycles. The van der Waals surface area contributed by atoms with Crippen LogP contribution in [0, 0.1) is 0 Å². The second-order valence-electron chi connectivity index (χ2n) is 6.68. The van der Waals surface area contributed by atoms with Crippen LogP contribution in [0.4, 0.5) is 0 Å². The van der Waals surface area contributed by atoms with Gasteiger partial charge in [0.2, 0.25) is 10.0 Å². The van der Waals surface area contributed by atoms with Gasteiger partial charge in [-0.15, -0.1) is 0 Å². The smallest absolute Gasteiger partial charge is 0.251 e. The molecule has 0 heterocycles. The van der Waals surface area contributed by atoms with E-state index in [0.717, 1.165) is 15.6 Å². The summed E-state index contributed by atoms with van der Waals surface area (Å²) in [6, 6.07) is 20.9. The highest BCUT2D eigenvalue weighted by molar-refractivity contribution is 7.89. The first-order valence-electron chi connectivity index (χ1n) is 9.09. The Hall–Kier alpha value is -2.87. The maximum absolute atomic E-state index is 12.6. The highest BCUT2D eigenvalue weighted by atomic mass is 35.5. The van der Waals surface area contributed by atoms with Crippen molar-refractivity contribution in [3.05, 3.63) is 88.9 Å². The Labute approximate surface area is 181 Å². The lowest BCUT2D eigenvalue weighted by molar-refractivity contribution is 0.0950. The molecule has 3 rings (SSSR count). The molecule has 3 aromatic carbocycles. The lowest BCUT2D eigenvalue weighted by Crippen LogP contribution is -2.25. The third-order valence-electron chi connectivity index (χ3n) is 4.28. The molecule has 0 aliphatic heterocycles. The summed E-state index contributed by atoms with van der Waals surface area (Å²) < 4.78 is 31.6. The molecule has 0 aliphatic carbocycles. The molecule has 6 nitrogen and oxygen atoms in total. The van der Waals surface area contributed by atoms with Gasteiger partial charge in [0.25, 0.3) is 5.91 Å². The maximum Gasteiger partial charge on any atom is 0.251 e. The minimum absolute atomic E-state index is 0.0611. The number of sulfonamides is 1. The Bertz CT molecular complexity index is 1150. The van der Waals surface area contributed by atoms with E-state index in [2.05, 4.69) is 5.32 Å². The molecule has 3 aromatic rings. The number of carbonyl (C=O) groups excluding carboxylic acids is 1. The minimum Gasteiger partial charge on any atom is -0.457 e. The molecule has 0 atom stereocenters. The van der Waals surface area contributed by atoms with Crippen molar-refractivity contribution in [2.24, 2.45) is 0 Å². The van der Waals surface area contributed by atoms with E-state index < -0.39 is 15.9 Å². The van der Waals surface area contributed by atoms with E-state index in [1.165, 1.54) is 32.3 Å². The molecule has 30 heavy (non-hydrogen) atoms. The first-order chi connectivity index (χ1) is 14.3. The fourth-order valence-electron chi connectivity index (χ4n) is 2.67. The average molecular weight is 445 g/mol. The number of nitrogens with one attached hydrogen (secondary N) is 1. The molecule has 8 heteroatoms. The van der Waals surface area contributed by atoms with Gasteiger partial charge in [0, 0.05) is 26.2 Å². The fourth-order valence-corrected chi connectivity index (χ4v) is 4.06. The number of halogens is 1. The number of rotatable bonds is 7. The lowest BCUT2D eigenvalue weighted by Gasteiger charge is -2.14. The second kappa shape index (κ2) is 9.30. The number of hydrogen-bond donors (Lipinski definition) is 1. The average Bonchev–Trinajstić information content (AvgIpc) is 2.73. The van der Waals surface area contributed by atoms with E-state index in [4.69, 9.17) is 16.3 Å². The Morgan fingerprint density at radius 1 is 0.967 bits per heavy atom. The summed E-state index contributed by atoms with van der Waals surface area (Å²) in [7, 11) is -0.950. The third-order valence-corrected chi connectivity index (χ3v) is 6.58. The van der Waals surface area contributed by atoms with Gasteiger partial charge in [-0.2, -0.15) is 0 Å². The molecule has 0 aromatic heterocycles. The second-order valence-corrected chi connectivity index (χ2v) is 9.21. The van der Waals surface area contributed by atoms with Gasteiger partial charge in [0.1, 0.15) is 16.4 Å². The molecule has 0 unspecified atom stereocenters. The van der Waals surface area contributed by atoms with Crippen molar-refractivity contribution in [2.75, 3.05) is 14.1 Å². The number of ether oxygens (including phenoxy) is 1. The van der Waals surface area contributed by atoms with Gasteiger partial charge < -0.3 is 10.1 Å². The molecular weight excluding hydrogens is 424 g/mol. The predicted molar refractivity (Wildman–Crippen MR) is 116 cm³/mol. The molecule has 1 N–H and O–H groups in total. The van der Waals surface area contributed by atoms with Crippen LogP contribution >= 0.6 is 11.6 Å². The molecule has 0 spiro atoms. The summed E-state index contributed by atoms with van der Waals surface area (Å²) in [5, 5.41) is 2.85. The van der Waals surface area contributed by atoms with Crippen LogP contribution in [0.2, 0.25) is 5.02 Å². The van der Waals surface area contributed by atoms with E-state index >= 15 is 0 Å². The van der Waals surface area contributed by atoms with Crippen LogP contribution in [-0.4, -0.2) is 32.7 Å². The standard InChI is InChI=1S/C22H21ClN2O4S/c1-25(2)30(27,28)21-14-17(11-12-20(21)23)22(26)24-15-16-7-6-10-19(13-16)29-18-8-4-3-5-9-18/h3-14H,15H2,1-2H3,(H,24,26). The van der Waals surface area contributed by atoms with Crippen LogP contribution < -0.4 is 10.1 Å². The first-order valence-corrected chi connectivity index (χ1v) is 10.9. The molecule has 0 radical (unpaired) electrons. The lowest BCUT2D eigenvalue weighted by atomic mass is 10.2. The number of nitrogens with zero attached hydrogens (tertiary/aromatic N) is 1. The van der Waals surface area contributed by atoms with Crippen molar-refractivity contribution < 1.29 is 17.9 Å². The topological polar surface area (TPSA) is 75.7 Å². The molecule has 156 valence electrons.